The van der Waals surface area contributed by atoms with Crippen molar-refractivity contribution in [3.8, 4) is 5.75 Å². The average Bonchev–Trinajstić information content (AvgIpc) is 2.24. The second-order valence-corrected chi connectivity index (χ2v) is 5.03. The van der Waals surface area contributed by atoms with E-state index < -0.39 is 18.5 Å². The molecule has 6 heteroatoms. The summed E-state index contributed by atoms with van der Waals surface area (Å²) in [6.45, 7) is 5.28. The van der Waals surface area contributed by atoms with Crippen LogP contribution in [-0.2, 0) is 4.79 Å². The summed E-state index contributed by atoms with van der Waals surface area (Å²) in [7, 11) is 0. The minimum Gasteiger partial charge on any atom is -0.488 e. The number of nitrogens with two attached hydrogens (primary N) is 1. The number of carbonyl (C=O) groups is 2. The van der Waals surface area contributed by atoms with Gasteiger partial charge in [-0.3, -0.25) is 9.69 Å². The number of carboxylic acid groups (broad SMARTS) is 1. The summed E-state index contributed by atoms with van der Waals surface area (Å²) >= 11 is 0. The highest BCUT2D eigenvalue weighted by atomic mass is 16.5. The maximum Gasteiger partial charge on any atom is 0.323 e. The molecule has 3 N–H and O–H groups in total. The molecule has 0 aliphatic rings. The molecule has 0 saturated carbocycles. The monoisotopic (exact) mass is 266 g/mol. The van der Waals surface area contributed by atoms with E-state index in [1.807, 2.05) is 20.8 Å². The molecule has 0 saturated heterocycles. The quantitative estimate of drug-likeness (QED) is 0.869. The maximum atomic E-state index is 11.2. The van der Waals surface area contributed by atoms with E-state index in [0.717, 1.165) is 4.90 Å². The average molecular weight is 266 g/mol. The predicted octanol–water partition coefficient (Wildman–Crippen LogP) is 1.83. The highest BCUT2D eigenvalue weighted by Gasteiger charge is 2.17. The van der Waals surface area contributed by atoms with Crippen molar-refractivity contribution in [2.45, 2.75) is 26.4 Å². The number of nitrogens with zero attached hydrogens (tertiary/aromatic N) is 1. The Hall–Kier alpha value is -2.24. The first kappa shape index (κ1) is 14.8. The van der Waals surface area contributed by atoms with Gasteiger partial charge in [0.2, 0.25) is 0 Å². The SMILES string of the molecule is CC(C)(C)Oc1ccc(N(CC(=O)O)C(N)=O)cc1. The molecule has 0 radical (unpaired) electrons. The number of hydrogen-bond donors (Lipinski definition) is 2. The predicted molar refractivity (Wildman–Crippen MR) is 71.4 cm³/mol. The summed E-state index contributed by atoms with van der Waals surface area (Å²) in [5, 5.41) is 8.73. The number of carboxylic acids is 1. The van der Waals surface area contributed by atoms with Crippen LogP contribution in [0.15, 0.2) is 24.3 Å². The Bertz CT molecular complexity index is 463. The molecule has 0 aromatic heterocycles. The van der Waals surface area contributed by atoms with Crippen LogP contribution in [0.1, 0.15) is 20.8 Å². The van der Waals surface area contributed by atoms with Gasteiger partial charge in [-0.2, -0.15) is 0 Å². The summed E-state index contributed by atoms with van der Waals surface area (Å²) in [4.78, 5) is 22.8. The molecule has 0 bridgehead atoms. The van der Waals surface area contributed by atoms with Gasteiger partial charge in [-0.15, -0.1) is 0 Å². The second-order valence-electron chi connectivity index (χ2n) is 5.03. The smallest absolute Gasteiger partial charge is 0.323 e. The zero-order valence-electron chi connectivity index (χ0n) is 11.2. The number of ether oxygens (including phenoxy) is 1. The second kappa shape index (κ2) is 5.60. The molecule has 1 rings (SSSR count). The Labute approximate surface area is 111 Å². The number of aliphatic carboxylic acids is 1. The highest BCUT2D eigenvalue weighted by Crippen LogP contribution is 2.22. The zero-order valence-corrected chi connectivity index (χ0v) is 11.2. The summed E-state index contributed by atoms with van der Waals surface area (Å²) in [6.07, 6.45) is 0. The highest BCUT2D eigenvalue weighted by molar-refractivity contribution is 5.95. The van der Waals surface area contributed by atoms with Crippen LogP contribution >= 0.6 is 0 Å². The summed E-state index contributed by atoms with van der Waals surface area (Å²) < 4.78 is 5.63. The van der Waals surface area contributed by atoms with Crippen molar-refractivity contribution >= 4 is 17.7 Å². The lowest BCUT2D eigenvalue weighted by Crippen LogP contribution is -2.39. The fraction of sp³-hybridized carbons (Fsp3) is 0.385. The number of rotatable bonds is 4. The van der Waals surface area contributed by atoms with Gasteiger partial charge in [0.05, 0.1) is 0 Å². The van der Waals surface area contributed by atoms with Gasteiger partial charge in [0.25, 0.3) is 0 Å². The van der Waals surface area contributed by atoms with Gasteiger partial charge < -0.3 is 15.6 Å². The lowest BCUT2D eigenvalue weighted by atomic mass is 10.2. The number of hydrogen-bond acceptors (Lipinski definition) is 3. The third-order valence-electron chi connectivity index (χ3n) is 2.13. The maximum absolute atomic E-state index is 11.2. The van der Waals surface area contributed by atoms with Gasteiger partial charge in [-0.1, -0.05) is 0 Å². The van der Waals surface area contributed by atoms with Crippen molar-refractivity contribution in [3.05, 3.63) is 24.3 Å². The van der Waals surface area contributed by atoms with E-state index >= 15 is 0 Å². The van der Waals surface area contributed by atoms with Crippen molar-refractivity contribution in [2.24, 2.45) is 5.73 Å². The van der Waals surface area contributed by atoms with Crippen LogP contribution in [0.5, 0.6) is 5.75 Å². The normalized spacial score (nSPS) is 10.9. The van der Waals surface area contributed by atoms with Crippen LogP contribution in [0.4, 0.5) is 10.5 Å². The van der Waals surface area contributed by atoms with Crippen molar-refractivity contribution in [3.63, 3.8) is 0 Å². The van der Waals surface area contributed by atoms with Gasteiger partial charge in [0.1, 0.15) is 17.9 Å². The number of amides is 2. The van der Waals surface area contributed by atoms with Crippen molar-refractivity contribution in [1.82, 2.24) is 0 Å². The minimum absolute atomic E-state index is 0.327. The van der Waals surface area contributed by atoms with Crippen molar-refractivity contribution < 1.29 is 19.4 Å². The van der Waals surface area contributed by atoms with Crippen LogP contribution in [0.25, 0.3) is 0 Å². The van der Waals surface area contributed by atoms with Crippen molar-refractivity contribution in [2.75, 3.05) is 11.4 Å². The molecule has 0 heterocycles. The van der Waals surface area contributed by atoms with Gasteiger partial charge in [-0.25, -0.2) is 4.79 Å². The summed E-state index contributed by atoms with van der Waals surface area (Å²) in [5.41, 5.74) is 5.23. The number of benzene rings is 1. The minimum atomic E-state index is -1.13. The standard InChI is InChI=1S/C13H18N2O4/c1-13(2,3)19-10-6-4-9(5-7-10)15(12(14)18)8-11(16)17/h4-7H,8H2,1-3H3,(H2,14,18)(H,16,17). The van der Waals surface area contributed by atoms with Crippen LogP contribution in [-0.4, -0.2) is 29.3 Å². The number of primary amides is 1. The number of urea groups is 1. The molecule has 104 valence electrons. The van der Waals surface area contributed by atoms with E-state index in [0.29, 0.717) is 11.4 Å². The molecular formula is C13H18N2O4. The fourth-order valence-corrected chi connectivity index (χ4v) is 1.48. The fourth-order valence-electron chi connectivity index (χ4n) is 1.48. The molecule has 0 atom stereocenters. The van der Waals surface area contributed by atoms with Crippen LogP contribution < -0.4 is 15.4 Å². The first-order valence-electron chi connectivity index (χ1n) is 5.77. The molecule has 1 aromatic rings. The Morgan fingerprint density at radius 1 is 1.26 bits per heavy atom. The number of carbonyl (C=O) groups excluding carboxylic acids is 1. The molecule has 19 heavy (non-hydrogen) atoms. The molecule has 0 aliphatic heterocycles. The molecule has 0 unspecified atom stereocenters. The molecule has 0 fully saturated rings. The Balaban J connectivity index is 2.89. The van der Waals surface area contributed by atoms with Crippen molar-refractivity contribution in [1.29, 1.82) is 0 Å². The summed E-state index contributed by atoms with van der Waals surface area (Å²) in [5.74, 6) is -0.496. The lowest BCUT2D eigenvalue weighted by Gasteiger charge is -2.22. The van der Waals surface area contributed by atoms with Crippen LogP contribution in [0, 0.1) is 0 Å². The van der Waals surface area contributed by atoms with E-state index in [1.165, 1.54) is 0 Å². The Morgan fingerprint density at radius 3 is 2.16 bits per heavy atom. The first-order valence-corrected chi connectivity index (χ1v) is 5.77. The Morgan fingerprint density at radius 2 is 1.79 bits per heavy atom. The molecule has 2 amide bonds. The van der Waals surface area contributed by atoms with Gasteiger partial charge >= 0.3 is 12.0 Å². The zero-order chi connectivity index (χ0) is 14.6. The molecular weight excluding hydrogens is 248 g/mol. The van der Waals surface area contributed by atoms with Gasteiger partial charge in [0.15, 0.2) is 0 Å². The third kappa shape index (κ3) is 4.87. The topological polar surface area (TPSA) is 92.9 Å². The van der Waals surface area contributed by atoms with Crippen LogP contribution in [0.2, 0.25) is 0 Å². The molecule has 0 aliphatic carbocycles. The van der Waals surface area contributed by atoms with Gasteiger partial charge in [0, 0.05) is 5.69 Å². The van der Waals surface area contributed by atoms with E-state index in [2.05, 4.69) is 0 Å². The third-order valence-corrected chi connectivity index (χ3v) is 2.13. The Kier molecular flexibility index (Phi) is 4.37. The largest absolute Gasteiger partial charge is 0.488 e. The van der Waals surface area contributed by atoms with Crippen LogP contribution in [0.3, 0.4) is 0 Å². The van der Waals surface area contributed by atoms with E-state index in [1.54, 1.807) is 24.3 Å². The van der Waals surface area contributed by atoms with Gasteiger partial charge in [-0.05, 0) is 45.0 Å². The number of anilines is 1. The van der Waals surface area contributed by atoms with E-state index in [-0.39, 0.29) is 5.60 Å². The van der Waals surface area contributed by atoms with E-state index in [4.69, 9.17) is 15.6 Å². The first-order chi connectivity index (χ1) is 8.69. The lowest BCUT2D eigenvalue weighted by molar-refractivity contribution is -0.135. The molecule has 1 aromatic carbocycles. The summed E-state index contributed by atoms with van der Waals surface area (Å²) in [6, 6.07) is 5.70. The van der Waals surface area contributed by atoms with E-state index in [9.17, 15) is 9.59 Å². The molecule has 0 spiro atoms. The molecule has 6 nitrogen and oxygen atoms in total.